The molecular weight excluding hydrogens is 478 g/mol. The highest BCUT2D eigenvalue weighted by atomic mass is 16.5. The first-order valence-electron chi connectivity index (χ1n) is 11.2. The van der Waals surface area contributed by atoms with Gasteiger partial charge in [0.15, 0.2) is 11.5 Å². The molecule has 3 aromatic carbocycles. The number of rotatable bonds is 11. The number of hydrogen-bond acceptors (Lipinski definition) is 8. The van der Waals surface area contributed by atoms with E-state index in [4.69, 9.17) is 18.9 Å². The van der Waals surface area contributed by atoms with Crippen LogP contribution in [0.15, 0.2) is 71.8 Å². The normalized spacial score (nSPS) is 10.5. The lowest BCUT2D eigenvalue weighted by atomic mass is 10.2. The van der Waals surface area contributed by atoms with Gasteiger partial charge in [0.2, 0.25) is 11.7 Å². The van der Waals surface area contributed by atoms with Crippen LogP contribution in [-0.4, -0.2) is 51.9 Å². The third-order valence-corrected chi connectivity index (χ3v) is 5.07. The number of methoxy groups -OCH3 is 3. The van der Waals surface area contributed by atoms with Crippen LogP contribution in [0.25, 0.3) is 0 Å². The fourth-order valence-corrected chi connectivity index (χ4v) is 3.20. The molecule has 0 bridgehead atoms. The molecule has 0 radical (unpaired) electrons. The monoisotopic (exact) mass is 505 g/mol. The van der Waals surface area contributed by atoms with Gasteiger partial charge in [-0.1, -0.05) is 18.2 Å². The van der Waals surface area contributed by atoms with E-state index < -0.39 is 5.97 Å². The number of nitrogens with one attached hydrogen (secondary N) is 2. The predicted octanol–water partition coefficient (Wildman–Crippen LogP) is 3.20. The molecule has 3 rings (SSSR count). The minimum absolute atomic E-state index is 0.0751. The van der Waals surface area contributed by atoms with E-state index in [0.29, 0.717) is 34.1 Å². The number of nitrogens with zero attached hydrogens (tertiary/aromatic N) is 1. The summed E-state index contributed by atoms with van der Waals surface area (Å²) in [6, 6.07) is 18.3. The number of carbonyl (C=O) groups excluding carboxylic acids is 3. The molecule has 0 saturated carbocycles. The summed E-state index contributed by atoms with van der Waals surface area (Å²) in [7, 11) is 4.39. The van der Waals surface area contributed by atoms with Crippen LogP contribution in [0.4, 0.5) is 0 Å². The summed E-state index contributed by atoms with van der Waals surface area (Å²) in [5, 5.41) is 6.58. The van der Waals surface area contributed by atoms with Gasteiger partial charge in [-0.2, -0.15) is 5.10 Å². The van der Waals surface area contributed by atoms with E-state index in [0.717, 1.165) is 0 Å². The summed E-state index contributed by atoms with van der Waals surface area (Å²) in [6.45, 7) is 0.182. The topological polar surface area (TPSA) is 125 Å². The van der Waals surface area contributed by atoms with E-state index in [2.05, 4.69) is 15.8 Å². The van der Waals surface area contributed by atoms with Gasteiger partial charge in [0.05, 0.1) is 33.1 Å². The van der Waals surface area contributed by atoms with Crippen LogP contribution in [0, 0.1) is 0 Å². The maximum Gasteiger partial charge on any atom is 0.343 e. The molecule has 0 unspecified atom stereocenters. The average Bonchev–Trinajstić information content (AvgIpc) is 2.93. The standard InChI is InChI=1S/C27H27N3O7/c1-34-22-15-20(16-23(35-2)25(22)36-3)27(33)37-21-11-9-18(10-12-21)17-29-30-24(31)13-14-28-26(32)19-7-5-4-6-8-19/h4-12,15-17H,13-14H2,1-3H3,(H,28,32)(H,30,31). The smallest absolute Gasteiger partial charge is 0.343 e. The van der Waals surface area contributed by atoms with Crippen molar-refractivity contribution >= 4 is 24.0 Å². The van der Waals surface area contributed by atoms with Gasteiger partial charge in [0, 0.05) is 18.5 Å². The second kappa shape index (κ2) is 13.3. The quantitative estimate of drug-likeness (QED) is 0.177. The summed E-state index contributed by atoms with van der Waals surface area (Å²) < 4.78 is 21.2. The van der Waals surface area contributed by atoms with Gasteiger partial charge in [-0.15, -0.1) is 0 Å². The van der Waals surface area contributed by atoms with Crippen molar-refractivity contribution in [3.8, 4) is 23.0 Å². The molecule has 37 heavy (non-hydrogen) atoms. The molecule has 0 aliphatic carbocycles. The number of carbonyl (C=O) groups is 3. The van der Waals surface area contributed by atoms with Crippen LogP contribution < -0.4 is 29.7 Å². The van der Waals surface area contributed by atoms with Crippen molar-refractivity contribution in [3.63, 3.8) is 0 Å². The first-order chi connectivity index (χ1) is 17.9. The van der Waals surface area contributed by atoms with Gasteiger partial charge in [-0.05, 0) is 54.1 Å². The van der Waals surface area contributed by atoms with E-state index in [1.54, 1.807) is 48.5 Å². The maximum atomic E-state index is 12.6. The molecule has 0 spiro atoms. The number of hydrazone groups is 1. The largest absolute Gasteiger partial charge is 0.493 e. The maximum absolute atomic E-state index is 12.6. The first kappa shape index (κ1) is 26.7. The van der Waals surface area contributed by atoms with Crippen molar-refractivity contribution < 1.29 is 33.3 Å². The molecule has 0 heterocycles. The molecule has 0 aliphatic heterocycles. The Kier molecular flexibility index (Phi) is 9.60. The molecule has 3 aromatic rings. The third kappa shape index (κ3) is 7.56. The van der Waals surface area contributed by atoms with Gasteiger partial charge in [-0.3, -0.25) is 9.59 Å². The SMILES string of the molecule is COc1cc(C(=O)Oc2ccc(C=NNC(=O)CCNC(=O)c3ccccc3)cc2)cc(OC)c1OC. The fraction of sp³-hybridized carbons (Fsp3) is 0.185. The van der Waals surface area contributed by atoms with E-state index >= 15 is 0 Å². The predicted molar refractivity (Wildman–Crippen MR) is 137 cm³/mol. The average molecular weight is 506 g/mol. The van der Waals surface area contributed by atoms with E-state index in [9.17, 15) is 14.4 Å². The number of esters is 1. The fourth-order valence-electron chi connectivity index (χ4n) is 3.20. The van der Waals surface area contributed by atoms with Gasteiger partial charge >= 0.3 is 5.97 Å². The lowest BCUT2D eigenvalue weighted by Crippen LogP contribution is -2.28. The molecule has 0 fully saturated rings. The van der Waals surface area contributed by atoms with Crippen LogP contribution in [-0.2, 0) is 4.79 Å². The van der Waals surface area contributed by atoms with E-state index in [1.165, 1.54) is 39.7 Å². The molecular formula is C27H27N3O7. The Bertz CT molecular complexity index is 1230. The zero-order valence-electron chi connectivity index (χ0n) is 20.6. The summed E-state index contributed by atoms with van der Waals surface area (Å²) in [4.78, 5) is 36.5. The molecule has 0 aliphatic rings. The van der Waals surface area contributed by atoms with Crippen molar-refractivity contribution in [1.29, 1.82) is 0 Å². The second-order valence-corrected chi connectivity index (χ2v) is 7.54. The molecule has 10 heteroatoms. The number of benzene rings is 3. The number of ether oxygens (including phenoxy) is 4. The molecule has 0 aromatic heterocycles. The van der Waals surface area contributed by atoms with Crippen LogP contribution in [0.3, 0.4) is 0 Å². The Balaban J connectivity index is 1.48. The van der Waals surface area contributed by atoms with Crippen molar-refractivity contribution in [2.24, 2.45) is 5.10 Å². The molecule has 10 nitrogen and oxygen atoms in total. The van der Waals surface area contributed by atoms with Crippen molar-refractivity contribution in [3.05, 3.63) is 83.4 Å². The zero-order chi connectivity index (χ0) is 26.6. The van der Waals surface area contributed by atoms with E-state index in [1.807, 2.05) is 6.07 Å². The summed E-state index contributed by atoms with van der Waals surface area (Å²) in [6.07, 6.45) is 1.52. The highest BCUT2D eigenvalue weighted by Gasteiger charge is 2.18. The number of hydrogen-bond donors (Lipinski definition) is 2. The zero-order valence-corrected chi connectivity index (χ0v) is 20.6. The van der Waals surface area contributed by atoms with Crippen molar-refractivity contribution in [1.82, 2.24) is 10.7 Å². The third-order valence-electron chi connectivity index (χ3n) is 5.07. The Morgan fingerprint density at radius 3 is 2.08 bits per heavy atom. The number of amides is 2. The lowest BCUT2D eigenvalue weighted by Gasteiger charge is -2.13. The molecule has 192 valence electrons. The molecule has 2 amide bonds. The van der Waals surface area contributed by atoms with Crippen LogP contribution in [0.5, 0.6) is 23.0 Å². The molecule has 2 N–H and O–H groups in total. The Hall–Kier alpha value is -4.86. The first-order valence-corrected chi connectivity index (χ1v) is 11.2. The lowest BCUT2D eigenvalue weighted by molar-refractivity contribution is -0.120. The van der Waals surface area contributed by atoms with Crippen LogP contribution in [0.1, 0.15) is 32.7 Å². The highest BCUT2D eigenvalue weighted by Crippen LogP contribution is 2.38. The minimum Gasteiger partial charge on any atom is -0.493 e. The highest BCUT2D eigenvalue weighted by molar-refractivity contribution is 5.94. The van der Waals surface area contributed by atoms with E-state index in [-0.39, 0.29) is 30.3 Å². The summed E-state index contributed by atoms with van der Waals surface area (Å²) in [5.41, 5.74) is 3.83. The summed E-state index contributed by atoms with van der Waals surface area (Å²) in [5.74, 6) is 0.154. The van der Waals surface area contributed by atoms with Crippen molar-refractivity contribution in [2.75, 3.05) is 27.9 Å². The van der Waals surface area contributed by atoms with Gasteiger partial charge in [-0.25, -0.2) is 10.2 Å². The Morgan fingerprint density at radius 2 is 1.49 bits per heavy atom. The van der Waals surface area contributed by atoms with Crippen molar-refractivity contribution in [2.45, 2.75) is 6.42 Å². The van der Waals surface area contributed by atoms with Crippen LogP contribution >= 0.6 is 0 Å². The van der Waals surface area contributed by atoms with Gasteiger partial charge in [0.25, 0.3) is 5.91 Å². The minimum atomic E-state index is -0.604. The molecule has 0 saturated heterocycles. The van der Waals surface area contributed by atoms with Gasteiger partial charge < -0.3 is 24.3 Å². The molecule has 0 atom stereocenters. The summed E-state index contributed by atoms with van der Waals surface area (Å²) >= 11 is 0. The van der Waals surface area contributed by atoms with Crippen LogP contribution in [0.2, 0.25) is 0 Å². The Labute approximate surface area is 214 Å². The Morgan fingerprint density at radius 1 is 0.838 bits per heavy atom. The second-order valence-electron chi connectivity index (χ2n) is 7.54. The van der Waals surface area contributed by atoms with Gasteiger partial charge in [0.1, 0.15) is 5.75 Å².